The summed E-state index contributed by atoms with van der Waals surface area (Å²) in [5.74, 6) is -1.05. The maximum Gasteiger partial charge on any atom is 0.416 e. The second-order valence-corrected chi connectivity index (χ2v) is 8.78. The van der Waals surface area contributed by atoms with Crippen LogP contribution in [0.3, 0.4) is 0 Å². The number of aromatic amines is 1. The number of nitrogens with one attached hydrogen (secondary N) is 3. The minimum Gasteiger partial charge on any atom is -0.346 e. The van der Waals surface area contributed by atoms with Gasteiger partial charge in [-0.15, -0.1) is 0 Å². The van der Waals surface area contributed by atoms with Gasteiger partial charge in [-0.1, -0.05) is 6.07 Å². The maximum absolute atomic E-state index is 13.6. The third-order valence-corrected chi connectivity index (χ3v) is 5.97. The van der Waals surface area contributed by atoms with Crippen LogP contribution in [0.5, 0.6) is 0 Å². The highest BCUT2D eigenvalue weighted by Gasteiger charge is 2.31. The summed E-state index contributed by atoms with van der Waals surface area (Å²) in [5.41, 5.74) is 2.02. The third kappa shape index (κ3) is 5.12. The van der Waals surface area contributed by atoms with E-state index in [0.717, 1.165) is 17.5 Å². The van der Waals surface area contributed by atoms with Crippen LogP contribution in [-0.2, 0) is 13.2 Å². The molecule has 0 saturated carbocycles. The number of anilines is 2. The van der Waals surface area contributed by atoms with Crippen LogP contribution in [0.25, 0.3) is 22.2 Å². The van der Waals surface area contributed by atoms with Crippen molar-refractivity contribution in [2.45, 2.75) is 13.1 Å². The van der Waals surface area contributed by atoms with Crippen LogP contribution in [0.1, 0.15) is 31.8 Å². The number of H-pyrrole nitrogens is 1. The summed E-state index contributed by atoms with van der Waals surface area (Å²) in [4.78, 5) is 33.0. The van der Waals surface area contributed by atoms with E-state index in [1.165, 1.54) is 35.3 Å². The number of nitrogens with zero attached hydrogens (tertiary/aromatic N) is 3. The van der Waals surface area contributed by atoms with E-state index >= 15 is 0 Å². The Hall–Kier alpha value is -4.93. The van der Waals surface area contributed by atoms with E-state index in [2.05, 4.69) is 25.7 Å². The highest BCUT2D eigenvalue weighted by molar-refractivity contribution is 6.08. The molecule has 3 N–H and O–H groups in total. The van der Waals surface area contributed by atoms with Gasteiger partial charge in [-0.2, -0.15) is 18.3 Å². The van der Waals surface area contributed by atoms with Crippen molar-refractivity contribution in [2.75, 3.05) is 10.6 Å². The lowest BCUT2D eigenvalue weighted by Gasteiger charge is -2.14. The lowest BCUT2D eigenvalue weighted by molar-refractivity contribution is -0.137. The predicted molar refractivity (Wildman–Crippen MR) is 137 cm³/mol. The van der Waals surface area contributed by atoms with E-state index in [-0.39, 0.29) is 16.8 Å². The number of carbonyl (C=O) groups excluding carboxylic acids is 2. The molecular weight excluding hydrogens is 497 g/mol. The minimum absolute atomic E-state index is 0.0271. The Morgan fingerprint density at radius 1 is 0.921 bits per heavy atom. The average Bonchev–Trinajstić information content (AvgIpc) is 3.53. The summed E-state index contributed by atoms with van der Waals surface area (Å²) in [5, 5.41) is 10.1. The molecule has 2 aromatic carbocycles. The molecular formula is C27H21F3N6O2. The fraction of sp³-hybridized carbons (Fsp3) is 0.111. The van der Waals surface area contributed by atoms with Crippen LogP contribution in [0, 0.1) is 6.92 Å². The summed E-state index contributed by atoms with van der Waals surface area (Å²) in [7, 11) is 1.66. The molecule has 0 bridgehead atoms. The van der Waals surface area contributed by atoms with Gasteiger partial charge in [0.25, 0.3) is 11.8 Å². The highest BCUT2D eigenvalue weighted by Crippen LogP contribution is 2.35. The van der Waals surface area contributed by atoms with E-state index in [0.29, 0.717) is 28.0 Å². The van der Waals surface area contributed by atoms with Gasteiger partial charge in [-0.25, -0.2) is 4.98 Å². The number of fused-ring (bicyclic) bond motifs is 1. The number of aryl methyl sites for hydroxylation is 2. The number of hydrogen-bond donors (Lipinski definition) is 3. The van der Waals surface area contributed by atoms with Gasteiger partial charge in [0.1, 0.15) is 5.65 Å². The van der Waals surface area contributed by atoms with Crippen LogP contribution in [0.2, 0.25) is 0 Å². The van der Waals surface area contributed by atoms with Crippen LogP contribution >= 0.6 is 0 Å². The van der Waals surface area contributed by atoms with E-state index in [9.17, 15) is 22.8 Å². The standard InChI is InChI=1S/C27H21F3N6O2/c1-15-3-4-17(10-23(15)35-26(38)19-7-16-5-6-31-24(16)32-12-19)25(37)34-22-9-18(20-13-33-36(2)14-20)8-21(11-22)27(28,29)30/h3-14H,1-2H3,(H,31,32)(H,34,37)(H,35,38). The van der Waals surface area contributed by atoms with Crippen molar-refractivity contribution < 1.29 is 22.8 Å². The van der Waals surface area contributed by atoms with Gasteiger partial charge < -0.3 is 15.6 Å². The summed E-state index contributed by atoms with van der Waals surface area (Å²) < 4.78 is 42.2. The van der Waals surface area contributed by atoms with E-state index < -0.39 is 23.6 Å². The molecule has 0 aliphatic carbocycles. The van der Waals surface area contributed by atoms with Gasteiger partial charge in [-0.3, -0.25) is 14.3 Å². The fourth-order valence-electron chi connectivity index (χ4n) is 3.96. The van der Waals surface area contributed by atoms with Gasteiger partial charge >= 0.3 is 6.18 Å². The summed E-state index contributed by atoms with van der Waals surface area (Å²) in [6.07, 6.45) is 1.57. The topological polar surface area (TPSA) is 105 Å². The molecule has 0 fully saturated rings. The molecule has 0 radical (unpaired) electrons. The molecule has 2 amide bonds. The molecule has 3 aromatic heterocycles. The largest absolute Gasteiger partial charge is 0.416 e. The first-order valence-corrected chi connectivity index (χ1v) is 11.4. The Labute approximate surface area is 214 Å². The first-order chi connectivity index (χ1) is 18.1. The summed E-state index contributed by atoms with van der Waals surface area (Å²) in [6, 6.07) is 11.5. The Balaban J connectivity index is 1.40. The molecule has 0 spiro atoms. The molecule has 38 heavy (non-hydrogen) atoms. The monoisotopic (exact) mass is 518 g/mol. The maximum atomic E-state index is 13.6. The molecule has 5 rings (SSSR count). The van der Waals surface area contributed by atoms with Crippen LogP contribution in [0.4, 0.5) is 24.5 Å². The molecule has 0 aliphatic rings. The first kappa shape index (κ1) is 24.8. The van der Waals surface area contributed by atoms with E-state index in [1.807, 2.05) is 0 Å². The van der Waals surface area contributed by atoms with Crippen molar-refractivity contribution in [1.29, 1.82) is 0 Å². The second kappa shape index (κ2) is 9.51. The zero-order valence-corrected chi connectivity index (χ0v) is 20.2. The first-order valence-electron chi connectivity index (χ1n) is 11.4. The van der Waals surface area contributed by atoms with Crippen molar-refractivity contribution in [1.82, 2.24) is 19.7 Å². The molecule has 3 heterocycles. The molecule has 0 saturated heterocycles. The molecule has 11 heteroatoms. The number of rotatable bonds is 5. The number of pyridine rings is 1. The van der Waals surface area contributed by atoms with Crippen LogP contribution < -0.4 is 10.6 Å². The van der Waals surface area contributed by atoms with E-state index in [1.54, 1.807) is 44.6 Å². The zero-order valence-electron chi connectivity index (χ0n) is 20.2. The lowest BCUT2D eigenvalue weighted by Crippen LogP contribution is -2.16. The number of benzene rings is 2. The van der Waals surface area contributed by atoms with Gasteiger partial charge in [0.15, 0.2) is 0 Å². The highest BCUT2D eigenvalue weighted by atomic mass is 19.4. The number of aromatic nitrogens is 4. The molecule has 0 aliphatic heterocycles. The Morgan fingerprint density at radius 3 is 2.45 bits per heavy atom. The molecule has 0 unspecified atom stereocenters. The van der Waals surface area contributed by atoms with Crippen molar-refractivity contribution >= 4 is 34.2 Å². The number of amides is 2. The zero-order chi connectivity index (χ0) is 27.0. The quantitative estimate of drug-likeness (QED) is 0.274. The molecule has 192 valence electrons. The Kier molecular flexibility index (Phi) is 6.19. The van der Waals surface area contributed by atoms with Crippen LogP contribution in [-0.4, -0.2) is 31.6 Å². The number of carbonyl (C=O) groups is 2. The van der Waals surface area contributed by atoms with Crippen molar-refractivity contribution in [3.63, 3.8) is 0 Å². The SMILES string of the molecule is Cc1ccc(C(=O)Nc2cc(-c3cnn(C)c3)cc(C(F)(F)F)c2)cc1NC(=O)c1cnc2[nH]ccc2c1. The van der Waals surface area contributed by atoms with Gasteiger partial charge in [0, 0.05) is 53.5 Å². The summed E-state index contributed by atoms with van der Waals surface area (Å²) >= 11 is 0. The van der Waals surface area contributed by atoms with Gasteiger partial charge in [0.05, 0.1) is 17.3 Å². The Morgan fingerprint density at radius 2 is 1.71 bits per heavy atom. The van der Waals surface area contributed by atoms with Gasteiger partial charge in [0.2, 0.25) is 0 Å². The molecule has 0 atom stereocenters. The second-order valence-electron chi connectivity index (χ2n) is 8.78. The smallest absolute Gasteiger partial charge is 0.346 e. The van der Waals surface area contributed by atoms with Crippen molar-refractivity contribution in [2.24, 2.45) is 7.05 Å². The number of alkyl halides is 3. The lowest BCUT2D eigenvalue weighted by atomic mass is 10.0. The molecule has 8 nitrogen and oxygen atoms in total. The van der Waals surface area contributed by atoms with E-state index in [4.69, 9.17) is 0 Å². The summed E-state index contributed by atoms with van der Waals surface area (Å²) in [6.45, 7) is 1.76. The average molecular weight is 518 g/mol. The minimum atomic E-state index is -4.61. The molecule has 5 aromatic rings. The van der Waals surface area contributed by atoms with Gasteiger partial charge in [-0.05, 0) is 60.5 Å². The Bertz CT molecular complexity index is 1690. The normalized spacial score (nSPS) is 11.5. The number of hydrogen-bond acceptors (Lipinski definition) is 4. The number of halogens is 3. The van der Waals surface area contributed by atoms with Crippen LogP contribution in [0.15, 0.2) is 73.3 Å². The van der Waals surface area contributed by atoms with Crippen molar-refractivity contribution in [3.8, 4) is 11.1 Å². The van der Waals surface area contributed by atoms with Crippen molar-refractivity contribution in [3.05, 3.63) is 95.6 Å². The third-order valence-electron chi connectivity index (χ3n) is 5.97. The predicted octanol–water partition coefficient (Wildman–Crippen LogP) is 5.80. The fourth-order valence-corrected chi connectivity index (χ4v) is 3.96.